The van der Waals surface area contributed by atoms with E-state index in [0.29, 0.717) is 11.6 Å². The number of ether oxygens (including phenoxy) is 1. The molecule has 6 heteroatoms. The Hall–Kier alpha value is -7.15. The molecule has 0 fully saturated rings. The van der Waals surface area contributed by atoms with Gasteiger partial charge in [-0.15, -0.1) is 0 Å². The second-order valence-electron chi connectivity index (χ2n) is 13.4. The molecule has 1 aliphatic rings. The lowest BCUT2D eigenvalue weighted by Gasteiger charge is -2.23. The highest BCUT2D eigenvalue weighted by atomic mass is 32.2. The molecule has 0 spiro atoms. The molecule has 9 aromatic rings. The highest BCUT2D eigenvalue weighted by Crippen LogP contribution is 2.52. The van der Waals surface area contributed by atoms with Crippen molar-refractivity contribution < 1.29 is 4.74 Å². The van der Waals surface area contributed by atoms with Gasteiger partial charge in [0.2, 0.25) is 0 Å². The van der Waals surface area contributed by atoms with E-state index in [-0.39, 0.29) is 0 Å². The molecule has 5 nitrogen and oxygen atoms in total. The first kappa shape index (κ1) is 33.4. The van der Waals surface area contributed by atoms with Crippen LogP contribution in [0.15, 0.2) is 204 Å². The van der Waals surface area contributed by atoms with Crippen molar-refractivity contribution in [2.24, 2.45) is 0 Å². The maximum atomic E-state index is 6.48. The minimum Gasteiger partial charge on any atom is -0.455 e. The molecular formula is C50H32N4OS. The maximum Gasteiger partial charge on any atom is 0.160 e. The van der Waals surface area contributed by atoms with Crippen LogP contribution in [0.25, 0.3) is 78.9 Å². The lowest BCUT2D eigenvalue weighted by molar-refractivity contribution is 0.455. The van der Waals surface area contributed by atoms with Crippen LogP contribution in [0.3, 0.4) is 0 Å². The third-order valence-corrected chi connectivity index (χ3v) is 11.0. The number of rotatable bonds is 7. The first-order chi connectivity index (χ1) is 27.7. The molecule has 1 aliphatic heterocycles. The average molecular weight is 737 g/mol. The van der Waals surface area contributed by atoms with Gasteiger partial charge in [0.1, 0.15) is 11.5 Å². The zero-order valence-electron chi connectivity index (χ0n) is 30.1. The van der Waals surface area contributed by atoms with Crippen LogP contribution in [-0.2, 0) is 0 Å². The van der Waals surface area contributed by atoms with Crippen molar-refractivity contribution in [3.05, 3.63) is 194 Å². The van der Waals surface area contributed by atoms with Gasteiger partial charge < -0.3 is 4.74 Å². The summed E-state index contributed by atoms with van der Waals surface area (Å²) in [6, 6.07) is 66.1. The van der Waals surface area contributed by atoms with Crippen LogP contribution >= 0.6 is 11.8 Å². The fraction of sp³-hybridized carbons (Fsp3) is 0. The zero-order chi connectivity index (χ0) is 37.3. The van der Waals surface area contributed by atoms with Crippen LogP contribution in [-0.4, -0.2) is 19.9 Å². The summed E-state index contributed by atoms with van der Waals surface area (Å²) in [5.41, 5.74) is 11.2. The number of hydrogen-bond acceptors (Lipinski definition) is 6. The Morgan fingerprint density at radius 1 is 0.321 bits per heavy atom. The summed E-state index contributed by atoms with van der Waals surface area (Å²) in [6.45, 7) is 0. The van der Waals surface area contributed by atoms with Crippen LogP contribution in [0, 0.1) is 0 Å². The van der Waals surface area contributed by atoms with Crippen LogP contribution in [0.4, 0.5) is 0 Å². The molecule has 56 heavy (non-hydrogen) atoms. The molecule has 0 amide bonds. The van der Waals surface area contributed by atoms with Crippen molar-refractivity contribution in [2.45, 2.75) is 9.79 Å². The Labute approximate surface area is 329 Å². The summed E-state index contributed by atoms with van der Waals surface area (Å²) in [7, 11) is 0. The predicted molar refractivity (Wildman–Crippen MR) is 226 cm³/mol. The fourth-order valence-corrected chi connectivity index (χ4v) is 8.11. The molecule has 0 N–H and O–H groups in total. The quantitative estimate of drug-likeness (QED) is 0.162. The molecule has 0 unspecified atom stereocenters. The van der Waals surface area contributed by atoms with Crippen molar-refractivity contribution in [1.82, 2.24) is 19.9 Å². The minimum absolute atomic E-state index is 0.653. The van der Waals surface area contributed by atoms with E-state index in [2.05, 4.69) is 103 Å². The Balaban J connectivity index is 1.22. The van der Waals surface area contributed by atoms with Crippen molar-refractivity contribution in [3.63, 3.8) is 0 Å². The molecule has 0 aliphatic carbocycles. The van der Waals surface area contributed by atoms with Gasteiger partial charge in [0, 0.05) is 38.9 Å². The Morgan fingerprint density at radius 3 is 1.41 bits per heavy atom. The number of para-hydroxylation sites is 1. The third kappa shape index (κ3) is 6.53. The van der Waals surface area contributed by atoms with Gasteiger partial charge in [0.25, 0.3) is 0 Å². The van der Waals surface area contributed by atoms with E-state index < -0.39 is 0 Å². The number of aromatic nitrogens is 4. The predicted octanol–water partition coefficient (Wildman–Crippen LogP) is 13.2. The van der Waals surface area contributed by atoms with Crippen molar-refractivity contribution in [2.75, 3.05) is 0 Å². The van der Waals surface area contributed by atoms with E-state index in [0.717, 1.165) is 88.6 Å². The van der Waals surface area contributed by atoms with E-state index in [1.54, 1.807) is 11.8 Å². The standard InChI is InChI=1S/C50H32N4OS/c1-5-16-33(17-6-1)41-31-43(53-49(51-41)35-20-9-3-10-21-35)37-28-29-38(39-24-15-26-46-48(39)56-47-27-14-13-25-45(47)55-46)40(30-37)44-32-42(34-18-7-2-8-19-34)52-50(54-44)36-22-11-4-12-23-36/h1-32H. The summed E-state index contributed by atoms with van der Waals surface area (Å²) in [4.78, 5) is 22.8. The van der Waals surface area contributed by atoms with Crippen molar-refractivity contribution in [3.8, 4) is 90.4 Å². The summed E-state index contributed by atoms with van der Waals surface area (Å²) in [5, 5.41) is 0. The number of hydrogen-bond donors (Lipinski definition) is 0. The van der Waals surface area contributed by atoms with Gasteiger partial charge in [0.15, 0.2) is 11.6 Å². The van der Waals surface area contributed by atoms with Gasteiger partial charge in [0.05, 0.1) is 32.6 Å². The number of benzene rings is 7. The largest absolute Gasteiger partial charge is 0.455 e. The molecule has 264 valence electrons. The zero-order valence-corrected chi connectivity index (χ0v) is 30.9. The molecule has 0 saturated carbocycles. The number of fused-ring (bicyclic) bond motifs is 2. The Kier molecular flexibility index (Phi) is 8.71. The molecule has 0 atom stereocenters. The van der Waals surface area contributed by atoms with Gasteiger partial charge in [-0.3, -0.25) is 0 Å². The molecule has 7 aromatic carbocycles. The molecule has 2 aromatic heterocycles. The highest BCUT2D eigenvalue weighted by molar-refractivity contribution is 7.99. The monoisotopic (exact) mass is 736 g/mol. The van der Waals surface area contributed by atoms with E-state index in [4.69, 9.17) is 24.7 Å². The Bertz CT molecular complexity index is 2730. The molecule has 3 heterocycles. The first-order valence-electron chi connectivity index (χ1n) is 18.5. The van der Waals surface area contributed by atoms with Crippen molar-refractivity contribution in [1.29, 1.82) is 0 Å². The van der Waals surface area contributed by atoms with Gasteiger partial charge in [-0.1, -0.05) is 169 Å². The summed E-state index contributed by atoms with van der Waals surface area (Å²) >= 11 is 1.73. The molecule has 10 rings (SSSR count). The van der Waals surface area contributed by atoms with Crippen LogP contribution in [0.1, 0.15) is 0 Å². The topological polar surface area (TPSA) is 60.8 Å². The summed E-state index contributed by atoms with van der Waals surface area (Å²) < 4.78 is 6.48. The second-order valence-corrected chi connectivity index (χ2v) is 14.5. The highest BCUT2D eigenvalue weighted by Gasteiger charge is 2.24. The fourth-order valence-electron chi connectivity index (χ4n) is 7.04. The van der Waals surface area contributed by atoms with Crippen LogP contribution < -0.4 is 4.74 Å². The second kappa shape index (κ2) is 14.6. The van der Waals surface area contributed by atoms with E-state index in [1.807, 2.05) is 91.0 Å². The average Bonchev–Trinajstić information content (AvgIpc) is 3.29. The van der Waals surface area contributed by atoms with Gasteiger partial charge in [-0.25, -0.2) is 19.9 Å². The first-order valence-corrected chi connectivity index (χ1v) is 19.3. The number of nitrogens with zero attached hydrogens (tertiary/aromatic N) is 4. The van der Waals surface area contributed by atoms with Crippen LogP contribution in [0.2, 0.25) is 0 Å². The van der Waals surface area contributed by atoms with Crippen molar-refractivity contribution >= 4 is 11.8 Å². The van der Waals surface area contributed by atoms with E-state index in [9.17, 15) is 0 Å². The normalized spacial score (nSPS) is 11.6. The third-order valence-electron chi connectivity index (χ3n) is 9.80. The minimum atomic E-state index is 0.653. The van der Waals surface area contributed by atoms with Gasteiger partial charge >= 0.3 is 0 Å². The van der Waals surface area contributed by atoms with E-state index >= 15 is 0 Å². The van der Waals surface area contributed by atoms with Crippen LogP contribution in [0.5, 0.6) is 11.5 Å². The lowest BCUT2D eigenvalue weighted by Crippen LogP contribution is -2.00. The molecule has 0 saturated heterocycles. The lowest BCUT2D eigenvalue weighted by atomic mass is 9.93. The Morgan fingerprint density at radius 2 is 0.804 bits per heavy atom. The van der Waals surface area contributed by atoms with Gasteiger partial charge in [-0.05, 0) is 42.0 Å². The van der Waals surface area contributed by atoms with Gasteiger partial charge in [-0.2, -0.15) is 0 Å². The molecular weight excluding hydrogens is 705 g/mol. The molecule has 0 radical (unpaired) electrons. The smallest absolute Gasteiger partial charge is 0.160 e. The molecule has 0 bridgehead atoms. The SMILES string of the molecule is c1ccc(-c2cc(-c3ccc(-c4cccc5c4Sc4ccccc4O5)c(-c4cc(-c5ccccc5)nc(-c5ccccc5)n4)c3)nc(-c3ccccc3)n2)cc1. The summed E-state index contributed by atoms with van der Waals surface area (Å²) in [5.74, 6) is 3.01. The maximum absolute atomic E-state index is 6.48. The van der Waals surface area contributed by atoms with E-state index in [1.165, 1.54) is 0 Å². The summed E-state index contributed by atoms with van der Waals surface area (Å²) in [6.07, 6.45) is 0.